The second kappa shape index (κ2) is 5.48. The highest BCUT2D eigenvalue weighted by Gasteiger charge is 2.26. The standard InChI is InChI=1S/C12H16N4O2/c13-12(18)16-6-3-9(4-7-16)11(17)15-10-2-1-5-14-8-10/h1-2,5,8-9H,3-4,6-7H2,(H2,13,18)(H,15,17). The number of amides is 3. The summed E-state index contributed by atoms with van der Waals surface area (Å²) in [4.78, 5) is 28.4. The largest absolute Gasteiger partial charge is 0.351 e. The van der Waals surface area contributed by atoms with E-state index in [0.717, 1.165) is 0 Å². The minimum absolute atomic E-state index is 0.0212. The van der Waals surface area contributed by atoms with Gasteiger partial charge in [0.05, 0.1) is 11.9 Å². The van der Waals surface area contributed by atoms with Crippen LogP contribution in [0.5, 0.6) is 0 Å². The van der Waals surface area contributed by atoms with E-state index < -0.39 is 6.03 Å². The van der Waals surface area contributed by atoms with E-state index in [4.69, 9.17) is 5.73 Å². The van der Waals surface area contributed by atoms with Crippen LogP contribution in [0, 0.1) is 5.92 Å². The summed E-state index contributed by atoms with van der Waals surface area (Å²) in [6.07, 6.45) is 4.56. The number of anilines is 1. The lowest BCUT2D eigenvalue weighted by atomic mass is 9.96. The summed E-state index contributed by atoms with van der Waals surface area (Å²) in [5.74, 6) is -0.0899. The maximum Gasteiger partial charge on any atom is 0.314 e. The highest BCUT2D eigenvalue weighted by atomic mass is 16.2. The molecule has 0 spiro atoms. The van der Waals surface area contributed by atoms with Gasteiger partial charge >= 0.3 is 6.03 Å². The average molecular weight is 248 g/mol. The lowest BCUT2D eigenvalue weighted by molar-refractivity contribution is -0.121. The molecule has 1 aliphatic rings. The molecule has 0 aromatic carbocycles. The first kappa shape index (κ1) is 12.3. The molecule has 96 valence electrons. The molecule has 1 aliphatic heterocycles. The molecule has 18 heavy (non-hydrogen) atoms. The summed E-state index contributed by atoms with van der Waals surface area (Å²) in [7, 11) is 0. The zero-order valence-electron chi connectivity index (χ0n) is 10.0. The van der Waals surface area contributed by atoms with Crippen LogP contribution in [-0.4, -0.2) is 34.9 Å². The Bertz CT molecular complexity index is 427. The van der Waals surface area contributed by atoms with Crippen molar-refractivity contribution in [3.05, 3.63) is 24.5 Å². The second-order valence-corrected chi connectivity index (χ2v) is 4.33. The molecule has 3 N–H and O–H groups in total. The molecule has 1 aromatic rings. The quantitative estimate of drug-likeness (QED) is 0.811. The van der Waals surface area contributed by atoms with E-state index in [-0.39, 0.29) is 11.8 Å². The van der Waals surface area contributed by atoms with E-state index in [1.807, 2.05) is 0 Å². The molecule has 3 amide bonds. The van der Waals surface area contributed by atoms with Gasteiger partial charge in [0.15, 0.2) is 0 Å². The number of piperidine rings is 1. The Kier molecular flexibility index (Phi) is 3.76. The van der Waals surface area contributed by atoms with Crippen molar-refractivity contribution >= 4 is 17.6 Å². The summed E-state index contributed by atoms with van der Waals surface area (Å²) in [6.45, 7) is 1.08. The van der Waals surface area contributed by atoms with Gasteiger partial charge in [-0.2, -0.15) is 0 Å². The molecule has 0 radical (unpaired) electrons. The van der Waals surface area contributed by atoms with Gasteiger partial charge in [0.1, 0.15) is 0 Å². The van der Waals surface area contributed by atoms with E-state index in [0.29, 0.717) is 31.6 Å². The number of carbonyl (C=O) groups excluding carboxylic acids is 2. The van der Waals surface area contributed by atoms with Gasteiger partial charge in [-0.25, -0.2) is 4.79 Å². The Morgan fingerprint density at radius 1 is 1.39 bits per heavy atom. The molecular weight excluding hydrogens is 232 g/mol. The number of aromatic nitrogens is 1. The third-order valence-electron chi connectivity index (χ3n) is 3.11. The van der Waals surface area contributed by atoms with Crippen molar-refractivity contribution in [2.75, 3.05) is 18.4 Å². The Hall–Kier alpha value is -2.11. The minimum atomic E-state index is -0.416. The van der Waals surface area contributed by atoms with Crippen LogP contribution in [-0.2, 0) is 4.79 Å². The molecule has 0 bridgehead atoms. The van der Waals surface area contributed by atoms with E-state index in [1.165, 1.54) is 0 Å². The fourth-order valence-electron chi connectivity index (χ4n) is 2.04. The average Bonchev–Trinajstić information content (AvgIpc) is 2.40. The van der Waals surface area contributed by atoms with Gasteiger partial charge in [-0.1, -0.05) is 0 Å². The smallest absolute Gasteiger partial charge is 0.314 e. The lowest BCUT2D eigenvalue weighted by Crippen LogP contribution is -2.43. The van der Waals surface area contributed by atoms with Crippen molar-refractivity contribution in [1.29, 1.82) is 0 Å². The van der Waals surface area contributed by atoms with E-state index in [2.05, 4.69) is 10.3 Å². The van der Waals surface area contributed by atoms with Gasteiger partial charge in [-0.05, 0) is 25.0 Å². The van der Waals surface area contributed by atoms with E-state index in [1.54, 1.807) is 29.4 Å². The van der Waals surface area contributed by atoms with Crippen molar-refractivity contribution in [2.45, 2.75) is 12.8 Å². The monoisotopic (exact) mass is 248 g/mol. The predicted molar refractivity (Wildman–Crippen MR) is 66.7 cm³/mol. The van der Waals surface area contributed by atoms with Gasteiger partial charge in [0.25, 0.3) is 0 Å². The summed E-state index contributed by atoms with van der Waals surface area (Å²) in [5.41, 5.74) is 5.88. The van der Waals surface area contributed by atoms with Gasteiger partial charge in [-0.15, -0.1) is 0 Å². The van der Waals surface area contributed by atoms with Crippen LogP contribution < -0.4 is 11.1 Å². The number of rotatable bonds is 2. The first-order chi connectivity index (χ1) is 8.66. The molecule has 2 rings (SSSR count). The SMILES string of the molecule is NC(=O)N1CCC(C(=O)Nc2cccnc2)CC1. The molecule has 1 aromatic heterocycles. The maximum atomic E-state index is 12.0. The zero-order valence-corrected chi connectivity index (χ0v) is 10.0. The first-order valence-electron chi connectivity index (χ1n) is 5.92. The zero-order chi connectivity index (χ0) is 13.0. The Balaban J connectivity index is 1.86. The second-order valence-electron chi connectivity index (χ2n) is 4.33. The molecule has 0 saturated carbocycles. The number of carbonyl (C=O) groups is 2. The fourth-order valence-corrected chi connectivity index (χ4v) is 2.04. The number of hydrogen-bond donors (Lipinski definition) is 2. The summed E-state index contributed by atoms with van der Waals surface area (Å²) in [5, 5.41) is 2.82. The van der Waals surface area contributed by atoms with Crippen molar-refractivity contribution in [2.24, 2.45) is 11.7 Å². The topological polar surface area (TPSA) is 88.3 Å². The Morgan fingerprint density at radius 3 is 2.67 bits per heavy atom. The molecular formula is C12H16N4O2. The summed E-state index contributed by atoms with van der Waals surface area (Å²) < 4.78 is 0. The fraction of sp³-hybridized carbons (Fsp3) is 0.417. The van der Waals surface area contributed by atoms with E-state index >= 15 is 0 Å². The van der Waals surface area contributed by atoms with Crippen molar-refractivity contribution in [1.82, 2.24) is 9.88 Å². The van der Waals surface area contributed by atoms with Crippen LogP contribution in [0.2, 0.25) is 0 Å². The van der Waals surface area contributed by atoms with Crippen LogP contribution in [0.15, 0.2) is 24.5 Å². The predicted octanol–water partition coefficient (Wildman–Crippen LogP) is 0.811. The van der Waals surface area contributed by atoms with Crippen molar-refractivity contribution < 1.29 is 9.59 Å². The number of nitrogens with zero attached hydrogens (tertiary/aromatic N) is 2. The van der Waals surface area contributed by atoms with Crippen LogP contribution >= 0.6 is 0 Å². The summed E-state index contributed by atoms with van der Waals surface area (Å²) >= 11 is 0. The van der Waals surface area contributed by atoms with E-state index in [9.17, 15) is 9.59 Å². The number of primary amides is 1. The minimum Gasteiger partial charge on any atom is -0.351 e. The van der Waals surface area contributed by atoms with Crippen LogP contribution in [0.1, 0.15) is 12.8 Å². The maximum absolute atomic E-state index is 12.0. The number of likely N-dealkylation sites (tertiary alicyclic amines) is 1. The molecule has 2 heterocycles. The first-order valence-corrected chi connectivity index (χ1v) is 5.92. The molecule has 0 unspecified atom stereocenters. The Morgan fingerprint density at radius 2 is 2.11 bits per heavy atom. The van der Waals surface area contributed by atoms with Crippen molar-refractivity contribution in [3.8, 4) is 0 Å². The number of nitrogens with one attached hydrogen (secondary N) is 1. The third-order valence-corrected chi connectivity index (χ3v) is 3.11. The molecule has 0 atom stereocenters. The van der Waals surface area contributed by atoms with Crippen molar-refractivity contribution in [3.63, 3.8) is 0 Å². The number of urea groups is 1. The molecule has 6 heteroatoms. The van der Waals surface area contributed by atoms with Gasteiger partial charge in [0, 0.05) is 25.2 Å². The Labute approximate surface area is 105 Å². The molecule has 1 fully saturated rings. The summed E-state index contributed by atoms with van der Waals surface area (Å²) in [6, 6.07) is 3.15. The van der Waals surface area contributed by atoms with Gasteiger partial charge in [0.2, 0.25) is 5.91 Å². The molecule has 6 nitrogen and oxygen atoms in total. The number of pyridine rings is 1. The van der Waals surface area contributed by atoms with Gasteiger partial charge < -0.3 is 16.0 Å². The normalized spacial score (nSPS) is 16.3. The van der Waals surface area contributed by atoms with Gasteiger partial charge in [-0.3, -0.25) is 9.78 Å². The lowest BCUT2D eigenvalue weighted by Gasteiger charge is -2.29. The molecule has 0 aliphatic carbocycles. The van der Waals surface area contributed by atoms with Crippen LogP contribution in [0.25, 0.3) is 0 Å². The number of nitrogens with two attached hydrogens (primary N) is 1. The van der Waals surface area contributed by atoms with Crippen LogP contribution in [0.4, 0.5) is 10.5 Å². The van der Waals surface area contributed by atoms with Crippen LogP contribution in [0.3, 0.4) is 0 Å². The third kappa shape index (κ3) is 2.97. The highest BCUT2D eigenvalue weighted by Crippen LogP contribution is 2.18. The highest BCUT2D eigenvalue weighted by molar-refractivity contribution is 5.92. The number of hydrogen-bond acceptors (Lipinski definition) is 3. The molecule has 1 saturated heterocycles.